The third-order valence-electron chi connectivity index (χ3n) is 6.95. The highest BCUT2D eigenvalue weighted by Crippen LogP contribution is 2.47. The number of carbonyl (C=O) groups excluding carboxylic acids is 1. The SMILES string of the molecule is CC(=O)Nc1ccc(S(=O)(=O)O)c2cc(S(=O)(=O)O)c(N=Nc3ccc(N=Nc4ccccc4S(=O)(=O)O)c4ccc(S(=O)(=O)O)cc34)c(O)c12. The van der Waals surface area contributed by atoms with E-state index in [0.717, 1.165) is 49.4 Å². The predicted molar refractivity (Wildman–Crippen MR) is 178 cm³/mol. The molecule has 5 aromatic rings. The number of phenolic OH excluding ortho intramolecular Hbond substituents is 1. The molecule has 0 unspecified atom stereocenters. The minimum atomic E-state index is -5.35. The molecule has 0 bridgehead atoms. The first kappa shape index (κ1) is 37.0. The lowest BCUT2D eigenvalue weighted by Gasteiger charge is -2.15. The standard InChI is InChI=1S/C28H21N5O14S4/c1-14(34)29-22-10-11-23(49(39,40)41)18-13-25(51(45,46)47)27(28(35)26(18)22)33-31-20-9-8-19(16-7-6-15(12-17(16)20)48(36,37)38)30-32-21-4-2-3-5-24(21)50(42,43)44/h2-13,35H,1H3,(H,29,34)(H,36,37,38)(H,39,40,41)(H,42,43,44)(H,45,46,47). The molecule has 51 heavy (non-hydrogen) atoms. The third kappa shape index (κ3) is 7.74. The van der Waals surface area contributed by atoms with Gasteiger partial charge >= 0.3 is 0 Å². The summed E-state index contributed by atoms with van der Waals surface area (Å²) in [5, 5.41) is 27.8. The Kier molecular flexibility index (Phi) is 9.52. The van der Waals surface area contributed by atoms with Crippen LogP contribution in [0.4, 0.5) is 28.4 Å². The molecule has 1 amide bonds. The van der Waals surface area contributed by atoms with Crippen molar-refractivity contribution in [3.63, 3.8) is 0 Å². The van der Waals surface area contributed by atoms with Crippen LogP contribution in [-0.4, -0.2) is 62.9 Å². The molecule has 0 aliphatic heterocycles. The number of hydrogen-bond acceptors (Lipinski definition) is 14. The number of aromatic hydroxyl groups is 1. The molecule has 0 aliphatic carbocycles. The fourth-order valence-electron chi connectivity index (χ4n) is 4.85. The molecule has 5 aromatic carbocycles. The Morgan fingerprint density at radius 2 is 1.14 bits per heavy atom. The minimum Gasteiger partial charge on any atom is -0.505 e. The van der Waals surface area contributed by atoms with Gasteiger partial charge in [-0.2, -0.15) is 33.7 Å². The van der Waals surface area contributed by atoms with Crippen LogP contribution in [0.15, 0.2) is 113 Å². The Bertz CT molecular complexity index is 2820. The average Bonchev–Trinajstić information content (AvgIpc) is 3.01. The van der Waals surface area contributed by atoms with Crippen LogP contribution in [0.3, 0.4) is 0 Å². The van der Waals surface area contributed by atoms with Gasteiger partial charge in [-0.05, 0) is 54.6 Å². The summed E-state index contributed by atoms with van der Waals surface area (Å²) in [7, 11) is -20.0. The molecule has 0 fully saturated rings. The number of anilines is 1. The average molecular weight is 780 g/mol. The molecule has 0 saturated carbocycles. The van der Waals surface area contributed by atoms with E-state index in [1.807, 2.05) is 0 Å². The molecule has 266 valence electrons. The van der Waals surface area contributed by atoms with E-state index in [1.54, 1.807) is 0 Å². The number of nitrogens with one attached hydrogen (secondary N) is 1. The Morgan fingerprint density at radius 3 is 1.73 bits per heavy atom. The van der Waals surface area contributed by atoms with Crippen molar-refractivity contribution in [1.82, 2.24) is 0 Å². The van der Waals surface area contributed by atoms with Crippen LogP contribution in [0.2, 0.25) is 0 Å². The van der Waals surface area contributed by atoms with Crippen molar-refractivity contribution in [3.05, 3.63) is 72.8 Å². The molecule has 0 radical (unpaired) electrons. The fraction of sp³-hybridized carbons (Fsp3) is 0.0357. The lowest BCUT2D eigenvalue weighted by molar-refractivity contribution is -0.114. The van der Waals surface area contributed by atoms with E-state index >= 15 is 0 Å². The number of carbonyl (C=O) groups is 1. The molecule has 0 heterocycles. The molecule has 23 heteroatoms. The lowest BCUT2D eigenvalue weighted by Crippen LogP contribution is -2.08. The quantitative estimate of drug-likeness (QED) is 0.0798. The Labute approximate surface area is 288 Å². The number of nitrogens with zero attached hydrogens (tertiary/aromatic N) is 4. The summed E-state index contributed by atoms with van der Waals surface area (Å²) in [6.45, 7) is 1.06. The van der Waals surface area contributed by atoms with Gasteiger partial charge in [-0.25, -0.2) is 0 Å². The number of rotatable bonds is 9. The van der Waals surface area contributed by atoms with E-state index < -0.39 is 88.2 Å². The second kappa shape index (κ2) is 13.1. The van der Waals surface area contributed by atoms with Gasteiger partial charge in [-0.3, -0.25) is 23.0 Å². The fourth-order valence-corrected chi connectivity index (χ4v) is 7.30. The molecule has 0 aliphatic rings. The lowest BCUT2D eigenvalue weighted by atomic mass is 10.1. The highest BCUT2D eigenvalue weighted by atomic mass is 32.2. The van der Waals surface area contributed by atoms with Crippen molar-refractivity contribution in [3.8, 4) is 5.75 Å². The van der Waals surface area contributed by atoms with Gasteiger partial charge in [0.25, 0.3) is 40.5 Å². The summed E-state index contributed by atoms with van der Waals surface area (Å²) in [6, 6.07) is 12.8. The van der Waals surface area contributed by atoms with Crippen molar-refractivity contribution in [2.45, 2.75) is 26.5 Å². The summed E-state index contributed by atoms with van der Waals surface area (Å²) < 4.78 is 136. The van der Waals surface area contributed by atoms with Crippen LogP contribution in [0, 0.1) is 0 Å². The monoisotopic (exact) mass is 779 g/mol. The summed E-state index contributed by atoms with van der Waals surface area (Å²) >= 11 is 0. The van der Waals surface area contributed by atoms with Crippen LogP contribution < -0.4 is 5.32 Å². The highest BCUT2D eigenvalue weighted by molar-refractivity contribution is 7.86. The van der Waals surface area contributed by atoms with E-state index in [-0.39, 0.29) is 33.5 Å². The van der Waals surface area contributed by atoms with Gasteiger partial charge in [-0.1, -0.05) is 18.2 Å². The zero-order chi connectivity index (χ0) is 37.7. The van der Waals surface area contributed by atoms with Gasteiger partial charge in [0.05, 0.1) is 27.3 Å². The minimum absolute atomic E-state index is 0.0409. The van der Waals surface area contributed by atoms with E-state index in [4.69, 9.17) is 0 Å². The van der Waals surface area contributed by atoms with Gasteiger partial charge in [0.1, 0.15) is 26.1 Å². The van der Waals surface area contributed by atoms with E-state index in [9.17, 15) is 61.8 Å². The zero-order valence-electron chi connectivity index (χ0n) is 25.3. The molecule has 0 saturated heterocycles. The molecular formula is C28H21N5O14S4. The second-order valence-corrected chi connectivity index (χ2v) is 16.0. The molecule has 0 atom stereocenters. The third-order valence-corrected chi connectivity index (χ3v) is 10.5. The Morgan fingerprint density at radius 1 is 0.569 bits per heavy atom. The van der Waals surface area contributed by atoms with Gasteiger partial charge < -0.3 is 10.4 Å². The first-order valence-electron chi connectivity index (χ1n) is 13.6. The van der Waals surface area contributed by atoms with Crippen molar-refractivity contribution >= 4 is 96.4 Å². The van der Waals surface area contributed by atoms with Crippen LogP contribution >= 0.6 is 0 Å². The van der Waals surface area contributed by atoms with Crippen LogP contribution in [0.25, 0.3) is 21.5 Å². The van der Waals surface area contributed by atoms with Gasteiger partial charge in [0, 0.05) is 23.1 Å². The maximum atomic E-state index is 12.5. The largest absolute Gasteiger partial charge is 0.505 e. The van der Waals surface area contributed by atoms with E-state index in [0.29, 0.717) is 6.07 Å². The normalized spacial score (nSPS) is 13.0. The summed E-state index contributed by atoms with van der Waals surface area (Å²) in [6.07, 6.45) is 0. The maximum absolute atomic E-state index is 12.5. The van der Waals surface area contributed by atoms with Gasteiger partial charge in [0.15, 0.2) is 5.75 Å². The van der Waals surface area contributed by atoms with Gasteiger partial charge in [0.2, 0.25) is 5.91 Å². The number of benzene rings is 5. The van der Waals surface area contributed by atoms with Crippen molar-refractivity contribution in [1.29, 1.82) is 0 Å². The predicted octanol–water partition coefficient (Wildman–Crippen LogP) is 5.47. The molecule has 0 spiro atoms. The zero-order valence-corrected chi connectivity index (χ0v) is 28.5. The van der Waals surface area contributed by atoms with Crippen molar-refractivity contribution < 1.29 is 61.8 Å². The molecule has 0 aromatic heterocycles. The van der Waals surface area contributed by atoms with Gasteiger partial charge in [-0.15, -0.1) is 20.5 Å². The first-order chi connectivity index (χ1) is 23.6. The van der Waals surface area contributed by atoms with Crippen LogP contribution in [-0.2, 0) is 45.3 Å². The summed E-state index contributed by atoms with van der Waals surface area (Å²) in [5.74, 6) is -1.85. The van der Waals surface area contributed by atoms with E-state index in [2.05, 4.69) is 25.8 Å². The van der Waals surface area contributed by atoms with Crippen LogP contribution in [0.1, 0.15) is 6.92 Å². The van der Waals surface area contributed by atoms with E-state index in [1.165, 1.54) is 24.3 Å². The number of azo groups is 2. The summed E-state index contributed by atoms with van der Waals surface area (Å²) in [5.41, 5.74) is -1.85. The number of phenols is 1. The van der Waals surface area contributed by atoms with Crippen molar-refractivity contribution in [2.75, 3.05) is 5.32 Å². The number of fused-ring (bicyclic) bond motifs is 2. The number of amides is 1. The molecular weight excluding hydrogens is 759 g/mol. The molecule has 6 N–H and O–H groups in total. The Balaban J connectivity index is 1.78. The number of hydrogen-bond donors (Lipinski definition) is 6. The molecule has 19 nitrogen and oxygen atoms in total. The first-order valence-corrected chi connectivity index (χ1v) is 19.3. The Hall–Kier alpha value is -5.27. The summed E-state index contributed by atoms with van der Waals surface area (Å²) in [4.78, 5) is 8.52. The van der Waals surface area contributed by atoms with Crippen LogP contribution in [0.5, 0.6) is 5.75 Å². The maximum Gasteiger partial charge on any atom is 0.296 e. The smallest absolute Gasteiger partial charge is 0.296 e. The molecule has 5 rings (SSSR count). The van der Waals surface area contributed by atoms with Crippen molar-refractivity contribution in [2.24, 2.45) is 20.5 Å². The second-order valence-electron chi connectivity index (χ2n) is 10.4. The topological polar surface area (TPSA) is 316 Å². The highest BCUT2D eigenvalue weighted by Gasteiger charge is 2.28.